The number of nitrogens with two attached hydrogens (primary N) is 1. The van der Waals surface area contributed by atoms with E-state index in [9.17, 15) is 0 Å². The lowest BCUT2D eigenvalue weighted by Gasteiger charge is -2.19. The van der Waals surface area contributed by atoms with Crippen LogP contribution in [-0.4, -0.2) is 4.98 Å². The van der Waals surface area contributed by atoms with Crippen LogP contribution in [0.2, 0.25) is 5.02 Å². The Morgan fingerprint density at radius 1 is 1.37 bits per heavy atom. The van der Waals surface area contributed by atoms with E-state index in [1.54, 1.807) is 6.20 Å². The average Bonchev–Trinajstić information content (AvgIpc) is 2.37. The summed E-state index contributed by atoms with van der Waals surface area (Å²) in [7, 11) is 0. The SMILES string of the molecule is Cc1cc(Cl)ccc1C(Cc1cncc(Br)c1)NN. The van der Waals surface area contributed by atoms with Gasteiger partial charge in [0.05, 0.1) is 6.04 Å². The van der Waals surface area contributed by atoms with Crippen LogP contribution < -0.4 is 11.3 Å². The third-order valence-corrected chi connectivity index (χ3v) is 3.68. The summed E-state index contributed by atoms with van der Waals surface area (Å²) in [5.41, 5.74) is 6.25. The van der Waals surface area contributed by atoms with Crippen LogP contribution in [-0.2, 0) is 6.42 Å². The van der Waals surface area contributed by atoms with Gasteiger partial charge in [0, 0.05) is 21.9 Å². The molecule has 1 atom stereocenters. The Morgan fingerprint density at radius 3 is 2.79 bits per heavy atom. The molecule has 1 heterocycles. The molecule has 1 aromatic carbocycles. The molecule has 2 aromatic rings. The van der Waals surface area contributed by atoms with Crippen LogP contribution in [0, 0.1) is 6.92 Å². The molecule has 0 saturated carbocycles. The van der Waals surface area contributed by atoms with E-state index in [-0.39, 0.29) is 6.04 Å². The molecule has 0 spiro atoms. The molecule has 0 aliphatic carbocycles. The zero-order valence-corrected chi connectivity index (χ0v) is 12.9. The highest BCUT2D eigenvalue weighted by Crippen LogP contribution is 2.24. The molecule has 3 nitrogen and oxygen atoms in total. The van der Waals surface area contributed by atoms with Gasteiger partial charge in [-0.2, -0.15) is 0 Å². The van der Waals surface area contributed by atoms with Gasteiger partial charge < -0.3 is 0 Å². The fourth-order valence-corrected chi connectivity index (χ4v) is 2.73. The number of nitrogens with zero attached hydrogens (tertiary/aromatic N) is 1. The van der Waals surface area contributed by atoms with Gasteiger partial charge in [-0.25, -0.2) is 0 Å². The van der Waals surface area contributed by atoms with Crippen molar-refractivity contribution >= 4 is 27.5 Å². The first-order valence-electron chi connectivity index (χ1n) is 5.91. The number of aryl methyl sites for hydroxylation is 1. The fourth-order valence-electron chi connectivity index (χ4n) is 2.09. The first-order valence-corrected chi connectivity index (χ1v) is 7.09. The smallest absolute Gasteiger partial charge is 0.0503 e. The maximum Gasteiger partial charge on any atom is 0.0503 e. The van der Waals surface area contributed by atoms with Crippen LogP contribution in [0.25, 0.3) is 0 Å². The number of hydrazine groups is 1. The summed E-state index contributed by atoms with van der Waals surface area (Å²) in [5.74, 6) is 5.68. The van der Waals surface area contributed by atoms with Crippen LogP contribution in [0.3, 0.4) is 0 Å². The van der Waals surface area contributed by atoms with Crippen molar-refractivity contribution in [3.05, 3.63) is 62.8 Å². The van der Waals surface area contributed by atoms with Gasteiger partial charge in [0.2, 0.25) is 0 Å². The predicted octanol–water partition coefficient (Wildman–Crippen LogP) is 3.55. The fraction of sp³-hybridized carbons (Fsp3) is 0.214. The van der Waals surface area contributed by atoms with Crippen molar-refractivity contribution in [3.8, 4) is 0 Å². The zero-order chi connectivity index (χ0) is 13.8. The quantitative estimate of drug-likeness (QED) is 0.661. The summed E-state index contributed by atoms with van der Waals surface area (Å²) in [6, 6.07) is 7.91. The number of benzene rings is 1. The summed E-state index contributed by atoms with van der Waals surface area (Å²) in [5, 5.41) is 0.737. The van der Waals surface area contributed by atoms with Gasteiger partial charge in [0.25, 0.3) is 0 Å². The van der Waals surface area contributed by atoms with E-state index in [4.69, 9.17) is 17.4 Å². The molecule has 3 N–H and O–H groups in total. The number of hydrogen-bond donors (Lipinski definition) is 2. The van der Waals surface area contributed by atoms with Crippen molar-refractivity contribution in [1.82, 2.24) is 10.4 Å². The van der Waals surface area contributed by atoms with Crippen molar-refractivity contribution in [1.29, 1.82) is 0 Å². The van der Waals surface area contributed by atoms with E-state index >= 15 is 0 Å². The van der Waals surface area contributed by atoms with Crippen molar-refractivity contribution in [2.24, 2.45) is 5.84 Å². The number of nitrogens with one attached hydrogen (secondary N) is 1. The number of rotatable bonds is 4. The van der Waals surface area contributed by atoms with Crippen LogP contribution in [0.5, 0.6) is 0 Å². The van der Waals surface area contributed by atoms with Crippen LogP contribution in [0.15, 0.2) is 41.1 Å². The normalized spacial score (nSPS) is 12.4. The third-order valence-electron chi connectivity index (χ3n) is 3.01. The van der Waals surface area contributed by atoms with Gasteiger partial charge in [-0.1, -0.05) is 17.7 Å². The standard InChI is InChI=1S/C14H15BrClN3/c1-9-4-12(16)2-3-13(9)14(19-17)6-10-5-11(15)8-18-7-10/h2-5,7-8,14,19H,6,17H2,1H3. The van der Waals surface area contributed by atoms with Crippen molar-refractivity contribution in [2.75, 3.05) is 0 Å². The Hall–Kier alpha value is -0.940. The molecule has 0 aliphatic rings. The third kappa shape index (κ3) is 3.76. The molecule has 0 amide bonds. The molecule has 1 unspecified atom stereocenters. The summed E-state index contributed by atoms with van der Waals surface area (Å²) in [4.78, 5) is 4.17. The monoisotopic (exact) mass is 339 g/mol. The van der Waals surface area contributed by atoms with E-state index in [0.717, 1.165) is 32.6 Å². The first kappa shape index (κ1) is 14.5. The maximum atomic E-state index is 5.98. The second-order valence-electron chi connectivity index (χ2n) is 4.44. The highest BCUT2D eigenvalue weighted by molar-refractivity contribution is 9.10. The molecule has 100 valence electrons. The average molecular weight is 341 g/mol. The number of aromatic nitrogens is 1. The Morgan fingerprint density at radius 2 is 2.16 bits per heavy atom. The molecule has 0 aliphatic heterocycles. The Kier molecular flexibility index (Phi) is 4.93. The molecule has 0 radical (unpaired) electrons. The molecule has 1 aromatic heterocycles. The number of pyridine rings is 1. The summed E-state index contributed by atoms with van der Waals surface area (Å²) >= 11 is 9.40. The first-order chi connectivity index (χ1) is 9.10. The van der Waals surface area contributed by atoms with Gasteiger partial charge in [-0.05, 0) is 64.2 Å². The maximum absolute atomic E-state index is 5.98. The topological polar surface area (TPSA) is 50.9 Å². The number of halogens is 2. The summed E-state index contributed by atoms with van der Waals surface area (Å²) < 4.78 is 0.966. The lowest BCUT2D eigenvalue weighted by atomic mass is 9.96. The zero-order valence-electron chi connectivity index (χ0n) is 10.5. The van der Waals surface area contributed by atoms with Gasteiger partial charge in [0.15, 0.2) is 0 Å². The Bertz CT molecular complexity index is 574. The number of hydrogen-bond acceptors (Lipinski definition) is 3. The minimum absolute atomic E-state index is 0.0355. The van der Waals surface area contributed by atoms with E-state index in [1.165, 1.54) is 0 Å². The van der Waals surface area contributed by atoms with Gasteiger partial charge in [-0.15, -0.1) is 0 Å². The minimum Gasteiger partial charge on any atom is -0.271 e. The van der Waals surface area contributed by atoms with Gasteiger partial charge in [0.1, 0.15) is 0 Å². The molecule has 19 heavy (non-hydrogen) atoms. The lowest BCUT2D eigenvalue weighted by molar-refractivity contribution is 0.548. The van der Waals surface area contributed by atoms with E-state index in [1.807, 2.05) is 37.4 Å². The van der Waals surface area contributed by atoms with Crippen LogP contribution >= 0.6 is 27.5 Å². The molecular formula is C14H15BrClN3. The Labute approximate surface area is 126 Å². The van der Waals surface area contributed by atoms with E-state index in [2.05, 4.69) is 26.3 Å². The minimum atomic E-state index is 0.0355. The predicted molar refractivity (Wildman–Crippen MR) is 81.9 cm³/mol. The highest BCUT2D eigenvalue weighted by atomic mass is 79.9. The molecule has 0 bridgehead atoms. The van der Waals surface area contributed by atoms with Gasteiger partial charge >= 0.3 is 0 Å². The largest absolute Gasteiger partial charge is 0.271 e. The van der Waals surface area contributed by atoms with E-state index in [0.29, 0.717) is 0 Å². The molecule has 0 saturated heterocycles. The van der Waals surface area contributed by atoms with Crippen molar-refractivity contribution in [3.63, 3.8) is 0 Å². The highest BCUT2D eigenvalue weighted by Gasteiger charge is 2.13. The Balaban J connectivity index is 2.25. The molecule has 5 heteroatoms. The molecule has 0 fully saturated rings. The second kappa shape index (κ2) is 6.48. The van der Waals surface area contributed by atoms with E-state index < -0.39 is 0 Å². The van der Waals surface area contributed by atoms with Crippen molar-refractivity contribution in [2.45, 2.75) is 19.4 Å². The molecule has 2 rings (SSSR count). The molecular weight excluding hydrogens is 326 g/mol. The summed E-state index contributed by atoms with van der Waals surface area (Å²) in [6.45, 7) is 2.03. The summed E-state index contributed by atoms with van der Waals surface area (Å²) in [6.07, 6.45) is 4.38. The lowest BCUT2D eigenvalue weighted by Crippen LogP contribution is -2.30. The van der Waals surface area contributed by atoms with Crippen LogP contribution in [0.4, 0.5) is 0 Å². The van der Waals surface area contributed by atoms with Crippen molar-refractivity contribution < 1.29 is 0 Å². The van der Waals surface area contributed by atoms with Crippen LogP contribution in [0.1, 0.15) is 22.7 Å². The second-order valence-corrected chi connectivity index (χ2v) is 5.79. The van der Waals surface area contributed by atoms with Gasteiger partial charge in [-0.3, -0.25) is 16.3 Å².